The van der Waals surface area contributed by atoms with Crippen molar-refractivity contribution in [2.75, 3.05) is 11.9 Å². The van der Waals surface area contributed by atoms with Crippen LogP contribution in [0.1, 0.15) is 16.7 Å². The minimum atomic E-state index is -0.764. The molecule has 1 fully saturated rings. The number of halogens is 1. The largest absolute Gasteiger partial charge is 0.501 e. The summed E-state index contributed by atoms with van der Waals surface area (Å²) in [5.74, 6) is -1.76. The molecular weight excluding hydrogens is 490 g/mol. The second-order valence-corrected chi connectivity index (χ2v) is 8.59. The zero-order chi connectivity index (χ0) is 22.9. The van der Waals surface area contributed by atoms with Crippen molar-refractivity contribution in [1.29, 1.82) is 0 Å². The lowest BCUT2D eigenvalue weighted by atomic mass is 10.1. The molecule has 2 aromatic rings. The normalized spacial score (nSPS) is 14.9. The fraction of sp³-hybridized carbons (Fsp3) is 0.150. The number of aromatic hydroxyl groups is 1. The molecule has 31 heavy (non-hydrogen) atoms. The highest BCUT2D eigenvalue weighted by Crippen LogP contribution is 2.38. The molecule has 2 aromatic carbocycles. The van der Waals surface area contributed by atoms with Gasteiger partial charge in [-0.3, -0.25) is 29.4 Å². The van der Waals surface area contributed by atoms with Gasteiger partial charge in [0.15, 0.2) is 0 Å². The lowest BCUT2D eigenvalue weighted by Gasteiger charge is -2.13. The van der Waals surface area contributed by atoms with Crippen LogP contribution in [0.15, 0.2) is 39.7 Å². The number of anilines is 1. The van der Waals surface area contributed by atoms with Gasteiger partial charge in [-0.15, -0.1) is 0 Å². The summed E-state index contributed by atoms with van der Waals surface area (Å²) in [5.41, 5.74) is 2.29. The third-order valence-corrected chi connectivity index (χ3v) is 6.04. The van der Waals surface area contributed by atoms with Crippen molar-refractivity contribution >= 4 is 62.2 Å². The van der Waals surface area contributed by atoms with Crippen molar-refractivity contribution in [1.82, 2.24) is 4.90 Å². The smallest absolute Gasteiger partial charge is 0.312 e. The van der Waals surface area contributed by atoms with Gasteiger partial charge < -0.3 is 10.4 Å². The highest BCUT2D eigenvalue weighted by molar-refractivity contribution is 9.10. The zero-order valence-corrected chi connectivity index (χ0v) is 18.7. The molecule has 11 heteroatoms. The predicted molar refractivity (Wildman–Crippen MR) is 120 cm³/mol. The summed E-state index contributed by atoms with van der Waals surface area (Å²) >= 11 is 3.65. The summed E-state index contributed by atoms with van der Waals surface area (Å²) in [7, 11) is 0. The predicted octanol–water partition coefficient (Wildman–Crippen LogP) is 4.35. The molecule has 1 aliphatic heterocycles. The number of phenolic OH excluding ortho intramolecular Hbond substituents is 1. The Morgan fingerprint density at radius 3 is 2.61 bits per heavy atom. The number of hydrogen-bond donors (Lipinski definition) is 2. The standard InChI is InChI=1S/C20H16BrN3O6S/c1-10-3-4-13(5-11(10)2)22-17(25)9-23-19(27)16(31-20(23)28)8-12-6-14(21)18(26)15(7-12)24(29)30/h3-8,26H,9H2,1-2H3,(H,22,25). The first kappa shape index (κ1) is 22.5. The van der Waals surface area contributed by atoms with Crippen LogP contribution in [0.4, 0.5) is 16.2 Å². The number of thioether (sulfide) groups is 1. The van der Waals surface area contributed by atoms with Crippen molar-refractivity contribution < 1.29 is 24.4 Å². The number of nitro benzene ring substituents is 1. The number of nitrogens with zero attached hydrogens (tertiary/aromatic N) is 2. The average molecular weight is 506 g/mol. The molecule has 160 valence electrons. The number of carbonyl (C=O) groups excluding carboxylic acids is 3. The number of carbonyl (C=O) groups is 3. The van der Waals surface area contributed by atoms with Crippen LogP contribution in [0.25, 0.3) is 6.08 Å². The monoisotopic (exact) mass is 505 g/mol. The summed E-state index contributed by atoms with van der Waals surface area (Å²) < 4.78 is 0.0694. The van der Waals surface area contributed by atoms with Gasteiger partial charge in [0, 0.05) is 11.8 Å². The van der Waals surface area contributed by atoms with Crippen LogP contribution in [0.2, 0.25) is 0 Å². The quantitative estimate of drug-likeness (QED) is 0.350. The maximum atomic E-state index is 12.6. The van der Waals surface area contributed by atoms with E-state index in [0.717, 1.165) is 22.1 Å². The van der Waals surface area contributed by atoms with E-state index in [4.69, 9.17) is 0 Å². The molecule has 2 N–H and O–H groups in total. The highest BCUT2D eigenvalue weighted by Gasteiger charge is 2.36. The number of aryl methyl sites for hydroxylation is 2. The molecule has 0 bridgehead atoms. The van der Waals surface area contributed by atoms with Gasteiger partial charge in [0.2, 0.25) is 11.7 Å². The Balaban J connectivity index is 1.77. The molecule has 3 rings (SSSR count). The van der Waals surface area contributed by atoms with Gasteiger partial charge in [0.1, 0.15) is 6.54 Å². The van der Waals surface area contributed by atoms with Gasteiger partial charge >= 0.3 is 5.69 Å². The Labute approximate surface area is 189 Å². The van der Waals surface area contributed by atoms with E-state index in [1.54, 1.807) is 12.1 Å². The van der Waals surface area contributed by atoms with E-state index in [2.05, 4.69) is 21.2 Å². The molecule has 1 aliphatic rings. The van der Waals surface area contributed by atoms with E-state index < -0.39 is 40.0 Å². The van der Waals surface area contributed by atoms with Gasteiger partial charge in [-0.25, -0.2) is 0 Å². The highest BCUT2D eigenvalue weighted by atomic mass is 79.9. The molecule has 1 heterocycles. The maximum absolute atomic E-state index is 12.6. The number of nitro groups is 1. The van der Waals surface area contributed by atoms with Gasteiger partial charge in [0.05, 0.1) is 14.3 Å². The lowest BCUT2D eigenvalue weighted by Crippen LogP contribution is -2.36. The Morgan fingerprint density at radius 2 is 1.97 bits per heavy atom. The SMILES string of the molecule is Cc1ccc(NC(=O)CN2C(=O)SC(=Cc3cc(Br)c(O)c([N+](=O)[O-])c3)C2=O)cc1C. The second-order valence-electron chi connectivity index (χ2n) is 6.74. The average Bonchev–Trinajstić information content (AvgIpc) is 2.94. The van der Waals surface area contributed by atoms with E-state index in [0.29, 0.717) is 17.4 Å². The van der Waals surface area contributed by atoms with E-state index in [1.807, 2.05) is 19.9 Å². The Hall–Kier alpha value is -3.18. The molecule has 0 radical (unpaired) electrons. The Bertz CT molecular complexity index is 1160. The molecule has 9 nitrogen and oxygen atoms in total. The van der Waals surface area contributed by atoms with Gasteiger partial charge in [-0.1, -0.05) is 6.07 Å². The van der Waals surface area contributed by atoms with Crippen molar-refractivity contribution in [3.63, 3.8) is 0 Å². The number of amides is 3. The van der Waals surface area contributed by atoms with Crippen molar-refractivity contribution in [2.45, 2.75) is 13.8 Å². The molecule has 0 saturated carbocycles. The molecule has 0 aromatic heterocycles. The topological polar surface area (TPSA) is 130 Å². The molecule has 0 unspecified atom stereocenters. The fourth-order valence-electron chi connectivity index (χ4n) is 2.78. The van der Waals surface area contributed by atoms with Crippen LogP contribution in [0, 0.1) is 24.0 Å². The maximum Gasteiger partial charge on any atom is 0.312 e. The minimum Gasteiger partial charge on any atom is -0.501 e. The molecule has 0 spiro atoms. The fourth-order valence-corrected chi connectivity index (χ4v) is 4.08. The molecule has 3 amide bonds. The molecule has 0 aliphatic carbocycles. The van der Waals surface area contributed by atoms with Crippen LogP contribution in [0.3, 0.4) is 0 Å². The molecular formula is C20H16BrN3O6S. The first-order valence-electron chi connectivity index (χ1n) is 8.86. The van der Waals surface area contributed by atoms with Gasteiger partial charge in [-0.2, -0.15) is 0 Å². The summed E-state index contributed by atoms with van der Waals surface area (Å²) in [5, 5.41) is 22.8. The minimum absolute atomic E-state index is 0.0101. The zero-order valence-electron chi connectivity index (χ0n) is 16.3. The van der Waals surface area contributed by atoms with Gasteiger partial charge in [0.25, 0.3) is 11.1 Å². The number of rotatable bonds is 5. The molecule has 0 atom stereocenters. The second kappa shape index (κ2) is 8.90. The number of phenols is 1. The van der Waals surface area contributed by atoms with Gasteiger partial charge in [-0.05, 0) is 82.5 Å². The van der Waals surface area contributed by atoms with Crippen LogP contribution in [-0.4, -0.2) is 38.5 Å². The first-order valence-corrected chi connectivity index (χ1v) is 10.5. The van der Waals surface area contributed by atoms with E-state index in [1.165, 1.54) is 12.1 Å². The van der Waals surface area contributed by atoms with Crippen molar-refractivity contribution in [3.8, 4) is 5.75 Å². The summed E-state index contributed by atoms with van der Waals surface area (Å²) in [6, 6.07) is 7.83. The lowest BCUT2D eigenvalue weighted by molar-refractivity contribution is -0.386. The van der Waals surface area contributed by atoms with Crippen LogP contribution in [0.5, 0.6) is 5.75 Å². The number of imide groups is 1. The molecule has 1 saturated heterocycles. The Morgan fingerprint density at radius 1 is 1.26 bits per heavy atom. The van der Waals surface area contributed by atoms with E-state index >= 15 is 0 Å². The number of benzene rings is 2. The van der Waals surface area contributed by atoms with E-state index in [-0.39, 0.29) is 14.9 Å². The summed E-state index contributed by atoms with van der Waals surface area (Å²) in [4.78, 5) is 48.3. The van der Waals surface area contributed by atoms with E-state index in [9.17, 15) is 29.6 Å². The van der Waals surface area contributed by atoms with Crippen molar-refractivity contribution in [3.05, 3.63) is 66.5 Å². The third kappa shape index (κ3) is 4.94. The Kier molecular flexibility index (Phi) is 6.46. The van der Waals surface area contributed by atoms with Crippen molar-refractivity contribution in [2.24, 2.45) is 0 Å². The summed E-state index contributed by atoms with van der Waals surface area (Å²) in [6.45, 7) is 3.38. The van der Waals surface area contributed by atoms with Crippen LogP contribution in [-0.2, 0) is 9.59 Å². The number of hydrogen-bond acceptors (Lipinski definition) is 7. The third-order valence-electron chi connectivity index (χ3n) is 4.53. The van der Waals surface area contributed by atoms with Crippen LogP contribution >= 0.6 is 27.7 Å². The number of nitrogens with one attached hydrogen (secondary N) is 1. The summed E-state index contributed by atoms with van der Waals surface area (Å²) in [6.07, 6.45) is 1.29. The first-order chi connectivity index (χ1) is 14.6. The van der Waals surface area contributed by atoms with Crippen LogP contribution < -0.4 is 5.32 Å².